The minimum Gasteiger partial charge on any atom is -0.390 e. The summed E-state index contributed by atoms with van der Waals surface area (Å²) < 4.78 is 40.6. The number of nitrogens with two attached hydrogens (primary N) is 4. The summed E-state index contributed by atoms with van der Waals surface area (Å²) in [4.78, 5) is 47.6. The highest BCUT2D eigenvalue weighted by Gasteiger charge is 2.51. The second-order valence-corrected chi connectivity index (χ2v) is 46.6. The van der Waals surface area contributed by atoms with Crippen LogP contribution < -0.4 is 42.5 Å². The van der Waals surface area contributed by atoms with E-state index >= 15 is 0 Å². The van der Waals surface area contributed by atoms with E-state index in [9.17, 15) is 33.1 Å². The first-order chi connectivity index (χ1) is 66.2. The highest BCUT2D eigenvalue weighted by molar-refractivity contribution is 7.92. The molecular weight excluding hydrogens is 1960 g/mol. The number of aliphatic hydroxyl groups is 4. The molecule has 0 unspecified atom stereocenters. The fourth-order valence-electron chi connectivity index (χ4n) is 22.2. The number of hydrogen-bond acceptors (Lipinski definition) is 24. The molecule has 139 heavy (non-hydrogen) atoms. The third-order valence-corrected chi connectivity index (χ3v) is 35.1. The van der Waals surface area contributed by atoms with Crippen LogP contribution >= 0.6 is 92.8 Å². The molecule has 4 fully saturated rings. The normalized spacial score (nSPS) is 19.1. The zero-order valence-electron chi connectivity index (χ0n) is 79.1. The summed E-state index contributed by atoms with van der Waals surface area (Å²) in [6, 6.07) is 46.0. The van der Waals surface area contributed by atoms with Crippen LogP contribution in [0, 0.1) is 63.2 Å². The minimum atomic E-state index is -3.29. The minimum absolute atomic E-state index is 0.0482. The number of halogens is 8. The molecule has 0 bridgehead atoms. The van der Waals surface area contributed by atoms with Crippen LogP contribution in [-0.2, 0) is 71.7 Å². The van der Waals surface area contributed by atoms with Crippen molar-refractivity contribution in [1.29, 1.82) is 0 Å². The Morgan fingerprint density at radius 1 is 0.353 bits per heavy atom. The van der Waals surface area contributed by atoms with Gasteiger partial charge in [-0.05, 0) is 239 Å². The average Bonchev–Trinajstić information content (AvgIpc) is 1.61. The molecule has 8 aliphatic rings. The van der Waals surface area contributed by atoms with Crippen LogP contribution in [0.15, 0.2) is 155 Å². The van der Waals surface area contributed by atoms with Gasteiger partial charge in [-0.3, -0.25) is 0 Å². The van der Waals surface area contributed by atoms with Gasteiger partial charge in [-0.25, -0.2) is 52.5 Å². The second-order valence-electron chi connectivity index (χ2n) is 38.9. The maximum Gasteiger partial charge on any atom is 0.175 e. The number of aliphatic hydroxyl groups excluding tert-OH is 4. The van der Waals surface area contributed by atoms with Crippen molar-refractivity contribution in [2.75, 3.05) is 90.7 Å². The first-order valence-electron chi connectivity index (χ1n) is 46.8. The molecule has 0 saturated carbocycles. The van der Waals surface area contributed by atoms with Crippen molar-refractivity contribution in [3.8, 4) is 45.0 Å². The Morgan fingerprint density at radius 2 is 0.640 bits per heavy atom. The van der Waals surface area contributed by atoms with Crippen LogP contribution in [0.4, 0.5) is 29.0 Å². The number of aryl methyl sites for hydroxylation is 6. The van der Waals surface area contributed by atoms with Gasteiger partial charge in [-0.15, -0.1) is 0 Å². The molecule has 20 rings (SSSR count). The first kappa shape index (κ1) is 102. The van der Waals surface area contributed by atoms with Crippen molar-refractivity contribution < 1.29 is 33.1 Å². The summed E-state index contributed by atoms with van der Waals surface area (Å²) in [5.74, 6) is 2.84. The molecule has 0 amide bonds. The van der Waals surface area contributed by atoms with Crippen LogP contribution in [0.2, 0.25) is 40.2 Å². The van der Waals surface area contributed by atoms with E-state index in [1.165, 1.54) is 45.2 Å². The predicted molar refractivity (Wildman–Crippen MR) is 561 cm³/mol. The average molecular weight is 2070 g/mol. The van der Waals surface area contributed by atoms with Gasteiger partial charge in [0, 0.05) is 127 Å². The van der Waals surface area contributed by atoms with Crippen molar-refractivity contribution in [2.45, 2.75) is 174 Å². The fraction of sp³-hybridized carbons (Fsp3) is 0.390. The SMILES string of the molecule is Cc1ccc2c(c1)[C@@H](N)C1(CCN(c3nc(C)c(-c4cccc(Cl)c4Cl)nc3CO)CC1)C2.Cc1cccc2c1CC1(CCN(c3nc(C)c(-c4cccc(Cl)c4Cl)nc3CO)CC1)[C@@H]2N.Cc1nc(N2CCC3(CC2)Cc2ccc(N=S(C)(C)=O)cc2[C@H]3N)c(CO)nc1-c1cccc(Cl)c1Cl.Cc1nc(N2CCC3(CC2)Cc2ccc(S(C)(=O)=O)cc2[C@H]3N)c(CO)nc1-c1cccc(Cl)c1Cl. The zero-order valence-corrected chi connectivity index (χ0v) is 86.8. The Balaban J connectivity index is 0.000000128. The fourth-order valence-corrected chi connectivity index (χ4v) is 25.1. The number of nitrogens with zero attached hydrogens (tertiary/aromatic N) is 13. The molecule has 0 radical (unpaired) electrons. The molecule has 4 aliphatic heterocycles. The highest BCUT2D eigenvalue weighted by Crippen LogP contribution is 2.57. The molecule has 4 aromatic heterocycles. The number of anilines is 4. The molecule has 12 aromatic rings. The summed E-state index contributed by atoms with van der Waals surface area (Å²) in [5.41, 5.74) is 50.6. The Hall–Kier alpha value is -8.82. The molecule has 8 aromatic carbocycles. The number of aromatic nitrogens is 8. The van der Waals surface area contributed by atoms with Gasteiger partial charge in [0.1, 0.15) is 22.8 Å². The topological polar surface area (TPSA) is 365 Å². The Bertz CT molecular complexity index is 7030. The number of fused-ring (bicyclic) bond motifs is 4. The molecule has 4 saturated heterocycles. The van der Waals surface area contributed by atoms with Gasteiger partial charge in [0.05, 0.1) is 123 Å². The molecule has 8 heterocycles. The number of sulfone groups is 1. The standard InChI is InChI=1S/C27H31Cl2N5O2S.C26H28Cl2N4O3S.2C26H28Cl2N4O/c1-16-24(19-5-4-6-21(28)23(19)29)32-22(15-35)26(31-16)34-11-9-27(10-12-34)14-17-7-8-18(33-37(2,3)36)13-20(17)25(27)30;1-15-23(18-4-3-5-20(27)22(18)28)31-21(14-33)25(30-15)32-10-8-26(9-11-32)13-16-6-7-17(36(2,34)35)12-19(16)24(26)29;1-15-5-3-6-17-19(15)13-26(24(17)29)9-11-32(12-10-26)25-21(14-33)31-23(16(2)30-25)18-7-4-8-20(27)22(18)28;1-15-6-7-17-13-26(24(29)19(17)12-15)8-10-32(11-9-26)25-21(14-33)31-23(16(2)30-25)18-4-3-5-20(27)22(18)28/h4-8,13,25,35H,9-12,14-15,30H2,1-3H3;3-7,12,24,33H,8-11,13-14,29H2,1-2H3;3-8,24,33H,9-14,29H2,1-2H3;3-7,12,24,33H,8-11,13-14,29H2,1-2H3/t25-;3*24-/m1111/s1. The second kappa shape index (κ2) is 40.8. The third-order valence-electron chi connectivity index (χ3n) is 30.0. The lowest BCUT2D eigenvalue weighted by molar-refractivity contribution is 0.186. The molecule has 730 valence electrons. The van der Waals surface area contributed by atoms with Gasteiger partial charge in [-0.1, -0.05) is 195 Å². The van der Waals surface area contributed by atoms with Crippen molar-refractivity contribution >= 4 is 141 Å². The number of hydrogen-bond donors (Lipinski definition) is 8. The maximum absolute atomic E-state index is 12.2. The smallest absolute Gasteiger partial charge is 0.175 e. The van der Waals surface area contributed by atoms with Gasteiger partial charge < -0.3 is 63.0 Å². The van der Waals surface area contributed by atoms with Crippen LogP contribution in [0.25, 0.3) is 45.0 Å². The van der Waals surface area contributed by atoms with Crippen LogP contribution in [0.1, 0.15) is 177 Å². The van der Waals surface area contributed by atoms with Gasteiger partial charge in [-0.2, -0.15) is 4.36 Å². The van der Waals surface area contributed by atoms with Crippen molar-refractivity contribution in [3.05, 3.63) is 287 Å². The van der Waals surface area contributed by atoms with Gasteiger partial charge in [0.15, 0.2) is 33.1 Å². The molecule has 24 nitrogen and oxygen atoms in total. The van der Waals surface area contributed by atoms with E-state index in [0.29, 0.717) is 132 Å². The van der Waals surface area contributed by atoms with Crippen LogP contribution in [0.5, 0.6) is 0 Å². The lowest BCUT2D eigenvalue weighted by Gasteiger charge is -2.43. The molecule has 4 atom stereocenters. The molecular formula is C105H115Cl8N17O7S2. The Kier molecular flexibility index (Phi) is 29.8. The number of piperidine rings is 4. The molecule has 12 N–H and O–H groups in total. The Morgan fingerprint density at radius 3 is 0.950 bits per heavy atom. The predicted octanol–water partition coefficient (Wildman–Crippen LogP) is 20.8. The molecule has 4 spiro atoms. The summed E-state index contributed by atoms with van der Waals surface area (Å²) in [6.45, 7) is 17.3. The van der Waals surface area contributed by atoms with E-state index in [-0.39, 0.29) is 72.3 Å². The lowest BCUT2D eigenvalue weighted by Crippen LogP contribution is -2.45. The summed E-state index contributed by atoms with van der Waals surface area (Å²) in [5, 5.41) is 44.1. The van der Waals surface area contributed by atoms with Crippen LogP contribution in [-0.4, -0.2) is 144 Å². The number of rotatable bonds is 14. The maximum atomic E-state index is 12.2. The van der Waals surface area contributed by atoms with E-state index in [2.05, 4.69) is 80.3 Å². The Labute approximate surface area is 853 Å². The van der Waals surface area contributed by atoms with Gasteiger partial charge in [0.2, 0.25) is 0 Å². The lowest BCUT2D eigenvalue weighted by atomic mass is 9.73. The number of benzene rings is 8. The van der Waals surface area contributed by atoms with E-state index in [4.69, 9.17) is 156 Å². The van der Waals surface area contributed by atoms with Crippen LogP contribution in [0.3, 0.4) is 0 Å². The summed E-state index contributed by atoms with van der Waals surface area (Å²) in [7, 11) is -5.53. The molecule has 4 aliphatic carbocycles. The summed E-state index contributed by atoms with van der Waals surface area (Å²) >= 11 is 50.6. The largest absolute Gasteiger partial charge is 0.390 e. The van der Waals surface area contributed by atoms with E-state index in [1.807, 2.05) is 94.4 Å². The third kappa shape index (κ3) is 20.0. The molecule has 34 heteroatoms. The summed E-state index contributed by atoms with van der Waals surface area (Å²) in [6.07, 6.45) is 15.6. The van der Waals surface area contributed by atoms with Crippen molar-refractivity contribution in [1.82, 2.24) is 39.9 Å². The van der Waals surface area contributed by atoms with Gasteiger partial charge in [0.25, 0.3) is 0 Å². The highest BCUT2D eigenvalue weighted by atomic mass is 35.5. The van der Waals surface area contributed by atoms with E-state index in [1.54, 1.807) is 48.9 Å². The van der Waals surface area contributed by atoms with E-state index < -0.39 is 19.6 Å². The quantitative estimate of drug-likeness (QED) is 0.0501. The van der Waals surface area contributed by atoms with Crippen molar-refractivity contribution in [2.24, 2.45) is 49.0 Å². The van der Waals surface area contributed by atoms with Crippen molar-refractivity contribution in [3.63, 3.8) is 0 Å². The van der Waals surface area contributed by atoms with E-state index in [0.717, 1.165) is 179 Å². The van der Waals surface area contributed by atoms with Gasteiger partial charge >= 0.3 is 0 Å². The zero-order chi connectivity index (χ0) is 99.0. The first-order valence-corrected chi connectivity index (χ1v) is 54.0. The monoisotopic (exact) mass is 2070 g/mol.